The van der Waals surface area contributed by atoms with Crippen molar-refractivity contribution in [2.45, 2.75) is 58.5 Å². The fourth-order valence-electron chi connectivity index (χ4n) is 5.57. The van der Waals surface area contributed by atoms with E-state index in [4.69, 9.17) is 14.2 Å². The molecule has 1 aromatic heterocycles. The molecule has 47 heavy (non-hydrogen) atoms. The predicted molar refractivity (Wildman–Crippen MR) is 177 cm³/mol. The molecule has 5 rings (SSSR count). The lowest BCUT2D eigenvalue weighted by Gasteiger charge is -2.29. The van der Waals surface area contributed by atoms with Gasteiger partial charge in [0.15, 0.2) is 12.4 Å². The molecule has 3 aromatic carbocycles. The van der Waals surface area contributed by atoms with Crippen LogP contribution in [0.2, 0.25) is 0 Å². The average molecular weight is 638 g/mol. The van der Waals surface area contributed by atoms with E-state index in [1.54, 1.807) is 23.9 Å². The second kappa shape index (κ2) is 16.8. The summed E-state index contributed by atoms with van der Waals surface area (Å²) in [7, 11) is 0. The molecular weight excluding hydrogens is 596 g/mol. The van der Waals surface area contributed by atoms with E-state index in [-0.39, 0.29) is 37.2 Å². The third-order valence-electron chi connectivity index (χ3n) is 7.95. The minimum atomic E-state index is -0.587. The molecule has 0 spiro atoms. The fraction of sp³-hybridized carbons (Fsp3) is 0.297. The Hall–Kier alpha value is -5.38. The molecule has 0 saturated heterocycles. The quantitative estimate of drug-likeness (QED) is 0.123. The topological polar surface area (TPSA) is 119 Å². The van der Waals surface area contributed by atoms with Crippen molar-refractivity contribution in [1.82, 2.24) is 10.6 Å². The number of carbonyl (C=O) groups is 3. The van der Waals surface area contributed by atoms with Gasteiger partial charge in [-0.3, -0.25) is 4.79 Å². The van der Waals surface area contributed by atoms with Crippen LogP contribution in [0.25, 0.3) is 11.1 Å². The number of carbonyl (C=O) groups excluding carboxylic acids is 3. The van der Waals surface area contributed by atoms with Crippen LogP contribution in [0.3, 0.4) is 0 Å². The first kappa shape index (κ1) is 33.0. The number of hydrogen-bond donors (Lipinski definition) is 3. The first-order chi connectivity index (χ1) is 23.0. The van der Waals surface area contributed by atoms with Crippen LogP contribution < -0.4 is 25.3 Å². The summed E-state index contributed by atoms with van der Waals surface area (Å²) in [5.41, 5.74) is 4.58. The van der Waals surface area contributed by atoms with Crippen molar-refractivity contribution in [3.8, 4) is 16.9 Å². The Labute approximate surface area is 275 Å². The van der Waals surface area contributed by atoms with Crippen LogP contribution in [-0.4, -0.2) is 30.7 Å². The molecule has 0 unspecified atom stereocenters. The molecular formula is C37H41N4O6+. The van der Waals surface area contributed by atoms with Crippen molar-refractivity contribution < 1.29 is 33.2 Å². The van der Waals surface area contributed by atoms with Gasteiger partial charge in [0.2, 0.25) is 0 Å². The summed E-state index contributed by atoms with van der Waals surface area (Å²) in [5, 5.41) is 8.53. The largest absolute Gasteiger partial charge is 0.488 e. The van der Waals surface area contributed by atoms with Gasteiger partial charge in [0, 0.05) is 28.9 Å². The molecule has 4 aromatic rings. The molecule has 2 atom stereocenters. The highest BCUT2D eigenvalue weighted by atomic mass is 16.6. The average Bonchev–Trinajstić information content (AvgIpc) is 3.10. The van der Waals surface area contributed by atoms with E-state index in [1.165, 1.54) is 0 Å². The van der Waals surface area contributed by atoms with Gasteiger partial charge in [-0.15, -0.1) is 0 Å². The van der Waals surface area contributed by atoms with Crippen molar-refractivity contribution in [2.24, 2.45) is 5.92 Å². The molecule has 0 radical (unpaired) electrons. The van der Waals surface area contributed by atoms with Gasteiger partial charge in [-0.2, -0.15) is 4.57 Å². The molecule has 244 valence electrons. The van der Waals surface area contributed by atoms with Crippen molar-refractivity contribution in [1.29, 1.82) is 0 Å². The number of aromatic nitrogens is 1. The van der Waals surface area contributed by atoms with Crippen molar-refractivity contribution >= 4 is 23.8 Å². The number of para-hydroxylation sites is 1. The number of ether oxygens (including phenoxy) is 3. The van der Waals surface area contributed by atoms with Crippen molar-refractivity contribution in [3.05, 3.63) is 115 Å². The van der Waals surface area contributed by atoms with E-state index in [9.17, 15) is 14.4 Å². The Balaban J connectivity index is 1.05. The molecule has 1 heterocycles. The predicted octanol–water partition coefficient (Wildman–Crippen LogP) is 6.35. The number of alkyl carbamates (subject to hydrolysis) is 1. The zero-order valence-corrected chi connectivity index (χ0v) is 26.5. The monoisotopic (exact) mass is 637 g/mol. The smallest absolute Gasteiger partial charge is 0.412 e. The molecule has 1 fully saturated rings. The van der Waals surface area contributed by atoms with Crippen molar-refractivity contribution in [3.63, 3.8) is 0 Å². The number of amides is 3. The van der Waals surface area contributed by atoms with E-state index in [2.05, 4.69) is 28.1 Å². The van der Waals surface area contributed by atoms with Crippen LogP contribution in [0, 0.1) is 5.92 Å². The fourth-order valence-corrected chi connectivity index (χ4v) is 5.57. The Morgan fingerprint density at radius 1 is 0.830 bits per heavy atom. The number of pyridine rings is 1. The lowest BCUT2D eigenvalue weighted by molar-refractivity contribution is -0.727. The lowest BCUT2D eigenvalue weighted by atomic mass is 9.84. The van der Waals surface area contributed by atoms with Crippen LogP contribution in [0.1, 0.15) is 43.7 Å². The molecule has 3 N–H and O–H groups in total. The van der Waals surface area contributed by atoms with Crippen LogP contribution in [0.15, 0.2) is 103 Å². The molecule has 1 aliphatic rings. The number of anilines is 1. The van der Waals surface area contributed by atoms with Gasteiger partial charge < -0.3 is 30.2 Å². The summed E-state index contributed by atoms with van der Waals surface area (Å²) >= 11 is 0. The van der Waals surface area contributed by atoms with Gasteiger partial charge in [0.05, 0.1) is 19.1 Å². The minimum absolute atomic E-state index is 0.0173. The highest BCUT2D eigenvalue weighted by molar-refractivity contribution is 5.89. The number of urea groups is 1. The van der Waals surface area contributed by atoms with E-state index in [1.807, 2.05) is 78.9 Å². The van der Waals surface area contributed by atoms with Crippen LogP contribution in [0.5, 0.6) is 5.75 Å². The summed E-state index contributed by atoms with van der Waals surface area (Å²) < 4.78 is 18.4. The number of nitrogens with one attached hydrogen (secondary N) is 3. The Bertz CT molecular complexity index is 1630. The van der Waals surface area contributed by atoms with Gasteiger partial charge >= 0.3 is 18.1 Å². The van der Waals surface area contributed by atoms with E-state index in [0.717, 1.165) is 40.8 Å². The van der Waals surface area contributed by atoms with Gasteiger partial charge in [-0.05, 0) is 55.2 Å². The second-order valence-corrected chi connectivity index (χ2v) is 11.3. The maximum Gasteiger partial charge on any atom is 0.412 e. The SMILES string of the molecule is CCOC(=O)[C@@H]1CCCC[C@H]1NC(=O)OC[n+]1cccc(CNC(=O)Nc2ccc(COc3ccccc3-c3ccccc3)cc2)c1. The third kappa shape index (κ3) is 9.80. The Kier molecular flexibility index (Phi) is 11.8. The van der Waals surface area contributed by atoms with Crippen LogP contribution in [-0.2, 0) is 34.2 Å². The van der Waals surface area contributed by atoms with Crippen molar-refractivity contribution in [2.75, 3.05) is 11.9 Å². The summed E-state index contributed by atoms with van der Waals surface area (Å²) in [6, 6.07) is 28.6. The number of benzene rings is 3. The Morgan fingerprint density at radius 3 is 2.40 bits per heavy atom. The molecule has 1 saturated carbocycles. The summed E-state index contributed by atoms with van der Waals surface area (Å²) in [5.74, 6) is 0.171. The normalized spacial score (nSPS) is 15.6. The van der Waals surface area contributed by atoms with Gasteiger partial charge in [-0.1, -0.05) is 73.5 Å². The highest BCUT2D eigenvalue weighted by Crippen LogP contribution is 2.30. The standard InChI is InChI=1S/C37H40N4O6/c1-2-45-35(42)32-15-6-8-16-33(32)40-37(44)47-26-41-22-10-11-28(24-41)23-38-36(43)39-30-20-18-27(19-21-30)25-46-34-17-9-7-14-31(34)29-12-4-3-5-13-29/h3-5,7,9-14,17-22,24,32-33H,2,6,8,15-16,23,25-26H2,1H3,(H2-,38,39,40,43,44)/p+1/t32-,33-/m1/s1. The molecule has 0 bridgehead atoms. The molecule has 0 aliphatic heterocycles. The number of esters is 1. The maximum atomic E-state index is 12.6. The maximum absolute atomic E-state index is 12.6. The van der Waals surface area contributed by atoms with Gasteiger partial charge in [-0.25, -0.2) is 9.59 Å². The third-order valence-corrected chi connectivity index (χ3v) is 7.95. The second-order valence-electron chi connectivity index (χ2n) is 11.3. The van der Waals surface area contributed by atoms with Gasteiger partial charge in [0.1, 0.15) is 12.4 Å². The zero-order chi connectivity index (χ0) is 32.8. The summed E-state index contributed by atoms with van der Waals surface area (Å²) in [6.07, 6.45) is 6.23. The van der Waals surface area contributed by atoms with E-state index in [0.29, 0.717) is 31.7 Å². The van der Waals surface area contributed by atoms with E-state index < -0.39 is 6.09 Å². The number of hydrogen-bond acceptors (Lipinski definition) is 6. The number of nitrogens with zero attached hydrogens (tertiary/aromatic N) is 1. The molecule has 3 amide bonds. The summed E-state index contributed by atoms with van der Waals surface area (Å²) in [4.78, 5) is 37.4. The number of rotatable bonds is 12. The van der Waals surface area contributed by atoms with Crippen LogP contribution in [0.4, 0.5) is 15.3 Å². The van der Waals surface area contributed by atoms with E-state index >= 15 is 0 Å². The minimum Gasteiger partial charge on any atom is -0.488 e. The summed E-state index contributed by atoms with van der Waals surface area (Å²) in [6.45, 7) is 2.73. The Morgan fingerprint density at radius 2 is 1.60 bits per heavy atom. The van der Waals surface area contributed by atoms with Gasteiger partial charge in [0.25, 0.3) is 6.73 Å². The molecule has 10 nitrogen and oxygen atoms in total. The lowest BCUT2D eigenvalue weighted by Crippen LogP contribution is -2.47. The van der Waals surface area contributed by atoms with Crippen LogP contribution >= 0.6 is 0 Å². The molecule has 1 aliphatic carbocycles. The first-order valence-electron chi connectivity index (χ1n) is 16.0. The zero-order valence-electron chi connectivity index (χ0n) is 26.5. The molecule has 10 heteroatoms. The highest BCUT2D eigenvalue weighted by Gasteiger charge is 2.33. The first-order valence-corrected chi connectivity index (χ1v) is 16.0.